The molecule has 112 valence electrons. The number of terminal acetylenes is 1. The highest BCUT2D eigenvalue weighted by Gasteiger charge is 2.44. The molecule has 1 aliphatic heterocycles. The van der Waals surface area contributed by atoms with Crippen LogP contribution in [0.1, 0.15) is 19.3 Å². The molecule has 2 aromatic rings. The lowest BCUT2D eigenvalue weighted by Crippen LogP contribution is -2.44. The first-order valence-corrected chi connectivity index (χ1v) is 7.22. The molecule has 1 aromatic carbocycles. The molecule has 1 saturated heterocycles. The van der Waals surface area contributed by atoms with Gasteiger partial charge in [-0.15, -0.1) is 13.0 Å². The van der Waals surface area contributed by atoms with Gasteiger partial charge in [0, 0.05) is 29.9 Å². The van der Waals surface area contributed by atoms with Crippen molar-refractivity contribution in [2.24, 2.45) is 0 Å². The maximum Gasteiger partial charge on any atom is 0.228 e. The number of methoxy groups -OCH3 is 1. The molecule has 4 heteroatoms. The van der Waals surface area contributed by atoms with Crippen molar-refractivity contribution >= 4 is 22.5 Å². The molecule has 1 N–H and O–H groups in total. The second-order valence-corrected chi connectivity index (χ2v) is 5.48. The number of rotatable bonds is 4. The van der Waals surface area contributed by atoms with Crippen LogP contribution in [0, 0.1) is 12.3 Å². The van der Waals surface area contributed by atoms with Gasteiger partial charge in [0.25, 0.3) is 0 Å². The fourth-order valence-electron chi connectivity index (χ4n) is 3.17. The number of nitrogens with one attached hydrogen (secondary N) is 1. The lowest BCUT2D eigenvalue weighted by Gasteiger charge is -2.33. The quantitative estimate of drug-likeness (QED) is 0.695. The first-order valence-electron chi connectivity index (χ1n) is 7.22. The van der Waals surface area contributed by atoms with Crippen LogP contribution in [0.3, 0.4) is 0 Å². The van der Waals surface area contributed by atoms with Gasteiger partial charge in [-0.1, -0.05) is 12.0 Å². The van der Waals surface area contributed by atoms with E-state index in [1.165, 1.54) is 0 Å². The van der Waals surface area contributed by atoms with Gasteiger partial charge in [-0.05, 0) is 24.6 Å². The van der Waals surface area contributed by atoms with Gasteiger partial charge in [-0.3, -0.25) is 9.69 Å². The van der Waals surface area contributed by atoms with Crippen LogP contribution in [0.5, 0.6) is 5.75 Å². The fourth-order valence-corrected chi connectivity index (χ4v) is 3.17. The Labute approximate surface area is 129 Å². The van der Waals surface area contributed by atoms with Crippen molar-refractivity contribution in [3.8, 4) is 18.1 Å². The van der Waals surface area contributed by atoms with Crippen molar-refractivity contribution in [1.82, 2.24) is 4.98 Å². The second-order valence-electron chi connectivity index (χ2n) is 5.48. The van der Waals surface area contributed by atoms with Crippen LogP contribution in [-0.2, 0) is 4.79 Å². The Morgan fingerprint density at radius 2 is 2.41 bits per heavy atom. The number of benzene rings is 1. The van der Waals surface area contributed by atoms with Gasteiger partial charge < -0.3 is 9.72 Å². The third kappa shape index (κ3) is 1.98. The Hall–Kier alpha value is -2.67. The summed E-state index contributed by atoms with van der Waals surface area (Å²) >= 11 is 0. The number of hydrogen-bond acceptors (Lipinski definition) is 2. The molecule has 3 rings (SSSR count). The molecule has 0 spiro atoms. The van der Waals surface area contributed by atoms with Crippen LogP contribution in [0.4, 0.5) is 5.69 Å². The number of hydrogen-bond donors (Lipinski definition) is 1. The summed E-state index contributed by atoms with van der Waals surface area (Å²) in [6.45, 7) is 3.79. The lowest BCUT2D eigenvalue weighted by atomic mass is 9.92. The molecule has 0 bridgehead atoms. The van der Waals surface area contributed by atoms with E-state index in [9.17, 15) is 4.79 Å². The van der Waals surface area contributed by atoms with E-state index in [4.69, 9.17) is 11.2 Å². The molecule has 22 heavy (non-hydrogen) atoms. The maximum atomic E-state index is 12.5. The number of anilines is 1. The average Bonchev–Trinajstić information content (AvgIpc) is 3.08. The molecule has 0 radical (unpaired) electrons. The molecule has 0 unspecified atom stereocenters. The predicted molar refractivity (Wildman–Crippen MR) is 87.9 cm³/mol. The van der Waals surface area contributed by atoms with Crippen molar-refractivity contribution in [2.45, 2.75) is 24.8 Å². The lowest BCUT2D eigenvalue weighted by molar-refractivity contribution is -0.117. The van der Waals surface area contributed by atoms with Crippen LogP contribution < -0.4 is 9.64 Å². The molecule has 1 aliphatic rings. The number of carbonyl (C=O) groups excluding carboxylic acids is 1. The first kappa shape index (κ1) is 14.3. The number of aromatic amines is 1. The number of ether oxygens (including phenoxy) is 1. The Balaban J connectivity index is 2.18. The number of nitrogens with zero attached hydrogens (tertiary/aromatic N) is 1. The van der Waals surface area contributed by atoms with Crippen LogP contribution in [0.25, 0.3) is 10.9 Å². The van der Waals surface area contributed by atoms with E-state index in [0.29, 0.717) is 19.3 Å². The monoisotopic (exact) mass is 294 g/mol. The van der Waals surface area contributed by atoms with Crippen LogP contribution in [-0.4, -0.2) is 23.5 Å². The SMILES string of the molecule is C#C[C@@]1(CC=C)CCC(=O)N1c1c[nH]c2ccc(OC)cc12. The molecule has 1 fully saturated rings. The summed E-state index contributed by atoms with van der Waals surface area (Å²) in [5.41, 5.74) is 1.12. The third-order valence-corrected chi connectivity index (χ3v) is 4.29. The molecule has 1 atom stereocenters. The molecule has 1 aromatic heterocycles. The van der Waals surface area contributed by atoms with Crippen molar-refractivity contribution in [3.63, 3.8) is 0 Å². The van der Waals surface area contributed by atoms with Crippen LogP contribution in [0.15, 0.2) is 37.1 Å². The zero-order chi connectivity index (χ0) is 15.7. The second kappa shape index (κ2) is 5.27. The largest absolute Gasteiger partial charge is 0.497 e. The summed E-state index contributed by atoms with van der Waals surface area (Å²) in [5, 5.41) is 0.929. The minimum atomic E-state index is -0.628. The highest BCUT2D eigenvalue weighted by Crippen LogP contribution is 2.41. The molecule has 0 saturated carbocycles. The van der Waals surface area contributed by atoms with E-state index < -0.39 is 5.54 Å². The van der Waals surface area contributed by atoms with E-state index in [2.05, 4.69) is 17.5 Å². The van der Waals surface area contributed by atoms with Gasteiger partial charge in [0.05, 0.1) is 12.8 Å². The van der Waals surface area contributed by atoms with E-state index in [1.54, 1.807) is 18.1 Å². The van der Waals surface area contributed by atoms with Crippen molar-refractivity contribution in [2.75, 3.05) is 12.0 Å². The Morgan fingerprint density at radius 3 is 3.09 bits per heavy atom. The predicted octanol–water partition coefficient (Wildman–Crippen LogP) is 3.25. The average molecular weight is 294 g/mol. The molecule has 2 heterocycles. The highest BCUT2D eigenvalue weighted by atomic mass is 16.5. The van der Waals surface area contributed by atoms with Gasteiger partial charge in [-0.25, -0.2) is 0 Å². The summed E-state index contributed by atoms with van der Waals surface area (Å²) < 4.78 is 5.29. The molecule has 0 aliphatic carbocycles. The van der Waals surface area contributed by atoms with E-state index in [0.717, 1.165) is 22.3 Å². The Bertz CT molecular complexity index is 784. The molecule has 1 amide bonds. The molecular formula is C18H18N2O2. The zero-order valence-electron chi connectivity index (χ0n) is 12.6. The van der Waals surface area contributed by atoms with Crippen LogP contribution in [0.2, 0.25) is 0 Å². The number of carbonyl (C=O) groups is 1. The summed E-state index contributed by atoms with van der Waals surface area (Å²) in [5.74, 6) is 3.62. The van der Waals surface area contributed by atoms with Gasteiger partial charge in [0.1, 0.15) is 11.3 Å². The van der Waals surface area contributed by atoms with Gasteiger partial charge >= 0.3 is 0 Å². The smallest absolute Gasteiger partial charge is 0.228 e. The molecule has 4 nitrogen and oxygen atoms in total. The summed E-state index contributed by atoms with van der Waals surface area (Å²) in [4.78, 5) is 17.4. The van der Waals surface area contributed by atoms with Crippen molar-refractivity contribution in [1.29, 1.82) is 0 Å². The summed E-state index contributed by atoms with van der Waals surface area (Å²) in [6.07, 6.45) is 11.1. The van der Waals surface area contributed by atoms with Gasteiger partial charge in [-0.2, -0.15) is 0 Å². The standard InChI is InChI=1S/C18H18N2O2/c1-4-9-18(5-2)10-8-17(21)20(18)16-12-19-15-7-6-13(22-3)11-14(15)16/h2,4,6-7,11-12,19H,1,8-10H2,3H3/t18-/m1/s1. The normalized spacial score (nSPS) is 21.1. The minimum Gasteiger partial charge on any atom is -0.497 e. The summed E-state index contributed by atoms with van der Waals surface area (Å²) in [7, 11) is 1.62. The summed E-state index contributed by atoms with van der Waals surface area (Å²) in [6, 6.07) is 5.73. The highest BCUT2D eigenvalue weighted by molar-refractivity contribution is 6.06. The van der Waals surface area contributed by atoms with Crippen molar-refractivity contribution < 1.29 is 9.53 Å². The molecular weight excluding hydrogens is 276 g/mol. The van der Waals surface area contributed by atoms with E-state index in [-0.39, 0.29) is 5.91 Å². The number of aromatic nitrogens is 1. The zero-order valence-corrected chi connectivity index (χ0v) is 12.6. The maximum absolute atomic E-state index is 12.5. The number of amides is 1. The Kier molecular flexibility index (Phi) is 3.42. The number of fused-ring (bicyclic) bond motifs is 1. The topological polar surface area (TPSA) is 45.3 Å². The fraction of sp³-hybridized carbons (Fsp3) is 0.278. The minimum absolute atomic E-state index is 0.0449. The van der Waals surface area contributed by atoms with E-state index >= 15 is 0 Å². The van der Waals surface area contributed by atoms with E-state index in [1.807, 2.05) is 24.4 Å². The van der Waals surface area contributed by atoms with Crippen molar-refractivity contribution in [3.05, 3.63) is 37.1 Å². The van der Waals surface area contributed by atoms with Gasteiger partial charge in [0.2, 0.25) is 5.91 Å². The number of H-pyrrole nitrogens is 1. The Morgan fingerprint density at radius 1 is 1.59 bits per heavy atom. The third-order valence-electron chi connectivity index (χ3n) is 4.29. The van der Waals surface area contributed by atoms with Gasteiger partial charge in [0.15, 0.2) is 0 Å². The van der Waals surface area contributed by atoms with Crippen LogP contribution >= 0.6 is 0 Å². The first-order chi connectivity index (χ1) is 10.6.